The minimum Gasteiger partial charge on any atom is -0.496 e. The molecule has 2 aromatic rings. The molecule has 0 unspecified atom stereocenters. The van der Waals surface area contributed by atoms with E-state index in [1.54, 1.807) is 43.5 Å². The normalized spacial score (nSPS) is 11.3. The number of ether oxygens (including phenoxy) is 2. The van der Waals surface area contributed by atoms with Crippen LogP contribution in [0.4, 0.5) is 5.69 Å². The standard InChI is InChI=1S/C21H27NO5S/c1-5-6-13-27-21(23)16-7-9-17(10-8-16)22-28(24,25)18-11-12-20(26-4)19(14-18)15(2)3/h7-12,14-15,22H,5-6,13H2,1-4H3. The highest BCUT2D eigenvalue weighted by molar-refractivity contribution is 7.92. The van der Waals surface area contributed by atoms with E-state index in [9.17, 15) is 13.2 Å². The summed E-state index contributed by atoms with van der Waals surface area (Å²) in [6, 6.07) is 10.9. The molecule has 0 aromatic heterocycles. The van der Waals surface area contributed by atoms with Crippen LogP contribution in [0.5, 0.6) is 5.75 Å². The predicted octanol–water partition coefficient (Wildman–Crippen LogP) is 4.58. The summed E-state index contributed by atoms with van der Waals surface area (Å²) in [5, 5.41) is 0. The van der Waals surface area contributed by atoms with Crippen molar-refractivity contribution in [3.05, 3.63) is 53.6 Å². The van der Waals surface area contributed by atoms with Crippen LogP contribution in [0, 0.1) is 0 Å². The topological polar surface area (TPSA) is 81.7 Å². The number of hydrogen-bond donors (Lipinski definition) is 1. The molecule has 0 saturated heterocycles. The SMILES string of the molecule is CCCCOC(=O)c1ccc(NS(=O)(=O)c2ccc(OC)c(C(C)C)c2)cc1. The van der Waals surface area contributed by atoms with E-state index in [4.69, 9.17) is 9.47 Å². The van der Waals surface area contributed by atoms with Crippen molar-refractivity contribution in [1.82, 2.24) is 0 Å². The Balaban J connectivity index is 2.16. The summed E-state index contributed by atoms with van der Waals surface area (Å²) < 4.78 is 38.4. The highest BCUT2D eigenvalue weighted by atomic mass is 32.2. The molecule has 28 heavy (non-hydrogen) atoms. The van der Waals surface area contributed by atoms with E-state index in [1.165, 1.54) is 6.07 Å². The Bertz CT molecular complexity index is 905. The molecule has 0 amide bonds. The van der Waals surface area contributed by atoms with Gasteiger partial charge in [0.15, 0.2) is 0 Å². The molecule has 0 atom stereocenters. The zero-order valence-electron chi connectivity index (χ0n) is 16.7. The molecule has 0 bridgehead atoms. The molecule has 0 fully saturated rings. The maximum absolute atomic E-state index is 12.7. The lowest BCUT2D eigenvalue weighted by molar-refractivity contribution is 0.0500. The van der Waals surface area contributed by atoms with Crippen LogP contribution in [0.3, 0.4) is 0 Å². The summed E-state index contributed by atoms with van der Waals surface area (Å²) >= 11 is 0. The van der Waals surface area contributed by atoms with Gasteiger partial charge in [-0.15, -0.1) is 0 Å². The fourth-order valence-corrected chi connectivity index (χ4v) is 3.71. The second-order valence-electron chi connectivity index (χ2n) is 6.73. The molecule has 2 aromatic carbocycles. The van der Waals surface area contributed by atoms with Gasteiger partial charge in [0.1, 0.15) is 5.75 Å². The molecule has 152 valence electrons. The molecule has 0 aliphatic heterocycles. The van der Waals surface area contributed by atoms with E-state index in [0.717, 1.165) is 18.4 Å². The largest absolute Gasteiger partial charge is 0.496 e. The Morgan fingerprint density at radius 2 is 1.79 bits per heavy atom. The number of methoxy groups -OCH3 is 1. The van der Waals surface area contributed by atoms with E-state index >= 15 is 0 Å². The summed E-state index contributed by atoms with van der Waals surface area (Å²) in [5.41, 5.74) is 1.56. The van der Waals surface area contributed by atoms with E-state index in [1.807, 2.05) is 20.8 Å². The number of anilines is 1. The third-order valence-electron chi connectivity index (χ3n) is 4.24. The number of unbranched alkanes of at least 4 members (excludes halogenated alkanes) is 1. The van der Waals surface area contributed by atoms with Gasteiger partial charge in [0.25, 0.3) is 10.0 Å². The first-order valence-electron chi connectivity index (χ1n) is 9.26. The van der Waals surface area contributed by atoms with E-state index in [-0.39, 0.29) is 10.8 Å². The van der Waals surface area contributed by atoms with Crippen molar-refractivity contribution in [2.24, 2.45) is 0 Å². The number of carbonyl (C=O) groups excluding carboxylic acids is 1. The second-order valence-corrected chi connectivity index (χ2v) is 8.41. The lowest BCUT2D eigenvalue weighted by Crippen LogP contribution is -2.14. The fourth-order valence-electron chi connectivity index (χ4n) is 2.61. The maximum Gasteiger partial charge on any atom is 0.338 e. The summed E-state index contributed by atoms with van der Waals surface area (Å²) in [5.74, 6) is 0.350. The molecule has 7 heteroatoms. The lowest BCUT2D eigenvalue weighted by atomic mass is 10.0. The molecule has 1 N–H and O–H groups in total. The molecule has 2 rings (SSSR count). The molecule has 0 spiro atoms. The summed E-state index contributed by atoms with van der Waals surface area (Å²) in [6.45, 7) is 6.33. The second kappa shape index (κ2) is 9.59. The first-order valence-corrected chi connectivity index (χ1v) is 10.7. The number of rotatable bonds is 9. The van der Waals surface area contributed by atoms with Gasteiger partial charge < -0.3 is 9.47 Å². The average molecular weight is 406 g/mol. The fraction of sp³-hybridized carbons (Fsp3) is 0.381. The van der Waals surface area contributed by atoms with Gasteiger partial charge in [0.05, 0.1) is 24.2 Å². The van der Waals surface area contributed by atoms with Crippen LogP contribution < -0.4 is 9.46 Å². The molecular weight excluding hydrogens is 378 g/mol. The van der Waals surface area contributed by atoms with Crippen LogP contribution in [0.1, 0.15) is 55.5 Å². The molecule has 0 radical (unpaired) electrons. The van der Waals surface area contributed by atoms with Gasteiger partial charge in [-0.25, -0.2) is 13.2 Å². The van der Waals surface area contributed by atoms with Crippen LogP contribution >= 0.6 is 0 Å². The molecule has 0 aliphatic carbocycles. The van der Waals surface area contributed by atoms with Crippen molar-refractivity contribution in [2.45, 2.75) is 44.4 Å². The summed E-state index contributed by atoms with van der Waals surface area (Å²) in [4.78, 5) is 12.1. The van der Waals surface area contributed by atoms with Crippen molar-refractivity contribution < 1.29 is 22.7 Å². The van der Waals surface area contributed by atoms with Crippen LogP contribution in [0.2, 0.25) is 0 Å². The predicted molar refractivity (Wildman–Crippen MR) is 110 cm³/mol. The number of benzene rings is 2. The van der Waals surface area contributed by atoms with Gasteiger partial charge in [-0.1, -0.05) is 27.2 Å². The number of hydrogen-bond acceptors (Lipinski definition) is 5. The summed E-state index contributed by atoms with van der Waals surface area (Å²) in [7, 11) is -2.21. The minimum absolute atomic E-state index is 0.114. The monoisotopic (exact) mass is 405 g/mol. The Kier molecular flexibility index (Phi) is 7.45. The summed E-state index contributed by atoms with van der Waals surface area (Å²) in [6.07, 6.45) is 1.75. The molecule has 0 aliphatic rings. The molecule has 0 heterocycles. The Labute approximate surface area is 166 Å². The highest BCUT2D eigenvalue weighted by Crippen LogP contribution is 2.29. The van der Waals surface area contributed by atoms with E-state index in [2.05, 4.69) is 4.72 Å². The molecule has 6 nitrogen and oxygen atoms in total. The van der Waals surface area contributed by atoms with Crippen molar-refractivity contribution >= 4 is 21.7 Å². The van der Waals surface area contributed by atoms with Gasteiger partial charge in [0, 0.05) is 5.69 Å². The van der Waals surface area contributed by atoms with Crippen LogP contribution in [-0.2, 0) is 14.8 Å². The van der Waals surface area contributed by atoms with E-state index in [0.29, 0.717) is 23.6 Å². The van der Waals surface area contributed by atoms with Crippen molar-refractivity contribution in [1.29, 1.82) is 0 Å². The number of nitrogens with one attached hydrogen (secondary N) is 1. The van der Waals surface area contributed by atoms with E-state index < -0.39 is 16.0 Å². The zero-order valence-corrected chi connectivity index (χ0v) is 17.5. The third kappa shape index (κ3) is 5.48. The van der Waals surface area contributed by atoms with Gasteiger partial charge >= 0.3 is 5.97 Å². The Morgan fingerprint density at radius 1 is 1.11 bits per heavy atom. The van der Waals surface area contributed by atoms with Crippen LogP contribution in [-0.4, -0.2) is 28.1 Å². The number of carbonyl (C=O) groups is 1. The Hall–Kier alpha value is -2.54. The maximum atomic E-state index is 12.7. The molecule has 0 saturated carbocycles. The first kappa shape index (κ1) is 21.8. The third-order valence-corrected chi connectivity index (χ3v) is 5.62. The van der Waals surface area contributed by atoms with Gasteiger partial charge in [0.2, 0.25) is 0 Å². The van der Waals surface area contributed by atoms with Crippen molar-refractivity contribution in [2.75, 3.05) is 18.4 Å². The zero-order chi connectivity index (χ0) is 20.7. The number of esters is 1. The lowest BCUT2D eigenvalue weighted by Gasteiger charge is -2.14. The highest BCUT2D eigenvalue weighted by Gasteiger charge is 2.18. The van der Waals surface area contributed by atoms with Gasteiger partial charge in [-0.3, -0.25) is 4.72 Å². The molecular formula is C21H27NO5S. The Morgan fingerprint density at radius 3 is 2.36 bits per heavy atom. The smallest absolute Gasteiger partial charge is 0.338 e. The van der Waals surface area contributed by atoms with Gasteiger partial charge in [-0.05, 0) is 60.4 Å². The number of sulfonamides is 1. The van der Waals surface area contributed by atoms with Crippen LogP contribution in [0.25, 0.3) is 0 Å². The first-order chi connectivity index (χ1) is 13.3. The van der Waals surface area contributed by atoms with Crippen molar-refractivity contribution in [3.8, 4) is 5.75 Å². The van der Waals surface area contributed by atoms with Gasteiger partial charge in [-0.2, -0.15) is 0 Å². The average Bonchev–Trinajstić information content (AvgIpc) is 2.67. The van der Waals surface area contributed by atoms with Crippen molar-refractivity contribution in [3.63, 3.8) is 0 Å². The quantitative estimate of drug-likeness (QED) is 0.488. The van der Waals surface area contributed by atoms with Crippen LogP contribution in [0.15, 0.2) is 47.4 Å². The minimum atomic E-state index is -3.77.